The second-order valence-electron chi connectivity index (χ2n) is 10.3. The molecule has 1 N–H and O–H groups in total. The predicted molar refractivity (Wildman–Crippen MR) is 110 cm³/mol. The van der Waals surface area contributed by atoms with Gasteiger partial charge in [0, 0.05) is 6.42 Å². The Hall–Kier alpha value is -1.15. The minimum atomic E-state index is -0.405. The Labute approximate surface area is 164 Å². The Morgan fingerprint density at radius 2 is 1.81 bits per heavy atom. The summed E-state index contributed by atoms with van der Waals surface area (Å²) >= 11 is 0. The van der Waals surface area contributed by atoms with Gasteiger partial charge in [0.1, 0.15) is 5.78 Å². The Balaban J connectivity index is 1.77. The fourth-order valence-corrected chi connectivity index (χ4v) is 7.92. The van der Waals surface area contributed by atoms with E-state index in [0.717, 1.165) is 38.5 Å². The van der Waals surface area contributed by atoms with E-state index in [1.807, 2.05) is 12.2 Å². The van der Waals surface area contributed by atoms with E-state index in [9.17, 15) is 9.90 Å². The van der Waals surface area contributed by atoms with Gasteiger partial charge in [0.2, 0.25) is 0 Å². The van der Waals surface area contributed by atoms with Crippen molar-refractivity contribution in [2.75, 3.05) is 0 Å². The van der Waals surface area contributed by atoms with Gasteiger partial charge in [-0.1, -0.05) is 37.6 Å². The Bertz CT molecular complexity index is 678. The molecule has 2 heteroatoms. The number of hydrogen-bond acceptors (Lipinski definition) is 2. The number of Topliss-reactive ketones (excluding diaryl/α,β-unsaturated/α-hetero) is 1. The summed E-state index contributed by atoms with van der Waals surface area (Å²) in [5.41, 5.74) is 1.20. The second kappa shape index (κ2) is 6.44. The quantitative estimate of drug-likeness (QED) is 0.653. The highest BCUT2D eigenvalue weighted by molar-refractivity contribution is 5.90. The Morgan fingerprint density at radius 3 is 2.48 bits per heavy atom. The fraction of sp³-hybridized carbons (Fsp3) is 0.720. The predicted octanol–water partition coefficient (Wildman–Crippen LogP) is 5.63. The minimum Gasteiger partial charge on any atom is -0.393 e. The molecule has 0 radical (unpaired) electrons. The molecule has 0 spiro atoms. The number of aliphatic hydroxyl groups excluding tert-OH is 1. The van der Waals surface area contributed by atoms with E-state index in [1.54, 1.807) is 0 Å². The lowest BCUT2D eigenvalue weighted by Gasteiger charge is -2.60. The van der Waals surface area contributed by atoms with Gasteiger partial charge in [-0.15, -0.1) is 13.2 Å². The first kappa shape index (κ1) is 19.2. The summed E-state index contributed by atoms with van der Waals surface area (Å²) in [6, 6.07) is 0. The van der Waals surface area contributed by atoms with E-state index in [0.29, 0.717) is 30.0 Å². The SMILES string of the molecule is C=CCC1(CC=C)C(=O)CC[C@@]2(C)C1=CC[C@H]1[C@@H]3CC[C@H](O)[C@@]3(C)CC[C@@H]12. The van der Waals surface area contributed by atoms with E-state index in [1.165, 1.54) is 18.4 Å². The molecule has 0 aromatic heterocycles. The topological polar surface area (TPSA) is 37.3 Å². The molecular weight excluding hydrogens is 332 g/mol. The van der Waals surface area contributed by atoms with E-state index in [-0.39, 0.29) is 16.9 Å². The molecule has 0 aromatic carbocycles. The van der Waals surface area contributed by atoms with Crippen LogP contribution in [0.1, 0.15) is 71.6 Å². The number of ketones is 1. The van der Waals surface area contributed by atoms with Crippen LogP contribution in [0.25, 0.3) is 0 Å². The van der Waals surface area contributed by atoms with Crippen molar-refractivity contribution in [3.05, 3.63) is 37.0 Å². The van der Waals surface area contributed by atoms with Crippen LogP contribution in [-0.2, 0) is 4.79 Å². The molecule has 4 aliphatic rings. The largest absolute Gasteiger partial charge is 0.393 e. The highest BCUT2D eigenvalue weighted by Gasteiger charge is 2.61. The molecule has 0 amide bonds. The fourth-order valence-electron chi connectivity index (χ4n) is 7.92. The Kier molecular flexibility index (Phi) is 4.57. The van der Waals surface area contributed by atoms with Crippen LogP contribution in [0.3, 0.4) is 0 Å². The van der Waals surface area contributed by atoms with Crippen LogP contribution in [0.5, 0.6) is 0 Å². The monoisotopic (exact) mass is 368 g/mol. The van der Waals surface area contributed by atoms with Crippen LogP contribution < -0.4 is 0 Å². The van der Waals surface area contributed by atoms with E-state index in [4.69, 9.17) is 0 Å². The molecule has 6 atom stereocenters. The molecule has 4 rings (SSSR count). The van der Waals surface area contributed by atoms with Gasteiger partial charge in [0.05, 0.1) is 11.5 Å². The minimum absolute atomic E-state index is 0.104. The van der Waals surface area contributed by atoms with E-state index >= 15 is 0 Å². The highest BCUT2D eigenvalue weighted by atomic mass is 16.3. The molecule has 2 nitrogen and oxygen atoms in total. The average Bonchev–Trinajstić information content (AvgIpc) is 2.94. The first-order valence-electron chi connectivity index (χ1n) is 11.0. The summed E-state index contributed by atoms with van der Waals surface area (Å²) in [6.45, 7) is 12.7. The van der Waals surface area contributed by atoms with Gasteiger partial charge >= 0.3 is 0 Å². The molecule has 27 heavy (non-hydrogen) atoms. The second-order valence-corrected chi connectivity index (χ2v) is 10.3. The number of carbonyl (C=O) groups excluding carboxylic acids is 1. The first-order chi connectivity index (χ1) is 12.8. The molecule has 148 valence electrons. The molecule has 3 saturated carbocycles. The summed E-state index contributed by atoms with van der Waals surface area (Å²) < 4.78 is 0. The normalized spacial score (nSPS) is 45.3. The van der Waals surface area contributed by atoms with Crippen LogP contribution in [0.2, 0.25) is 0 Å². The zero-order valence-corrected chi connectivity index (χ0v) is 17.2. The van der Waals surface area contributed by atoms with Crippen molar-refractivity contribution in [3.8, 4) is 0 Å². The number of carbonyl (C=O) groups is 1. The summed E-state index contributed by atoms with van der Waals surface area (Å²) in [4.78, 5) is 13.2. The average molecular weight is 369 g/mol. The zero-order chi connectivity index (χ0) is 19.4. The van der Waals surface area contributed by atoms with Crippen molar-refractivity contribution in [2.45, 2.75) is 77.7 Å². The van der Waals surface area contributed by atoms with Crippen molar-refractivity contribution in [3.63, 3.8) is 0 Å². The zero-order valence-electron chi connectivity index (χ0n) is 17.2. The van der Waals surface area contributed by atoms with Crippen molar-refractivity contribution in [1.82, 2.24) is 0 Å². The van der Waals surface area contributed by atoms with Crippen molar-refractivity contribution >= 4 is 5.78 Å². The van der Waals surface area contributed by atoms with Crippen LogP contribution in [0.15, 0.2) is 37.0 Å². The van der Waals surface area contributed by atoms with Gasteiger partial charge in [-0.25, -0.2) is 0 Å². The summed E-state index contributed by atoms with van der Waals surface area (Å²) in [7, 11) is 0. The van der Waals surface area contributed by atoms with Crippen molar-refractivity contribution < 1.29 is 9.90 Å². The standard InChI is InChI=1S/C25H36O2/c1-5-13-25(14-6-2)20-9-7-17-18-8-10-21(26)24(18,4)15-11-19(17)23(20,3)16-12-22(25)27/h5-6,9,17-19,21,26H,1-2,7-8,10-16H2,3-4H3/t17-,18-,19-,21-,23+,24-/m0/s1. The molecule has 4 aliphatic carbocycles. The maximum atomic E-state index is 13.2. The van der Waals surface area contributed by atoms with E-state index < -0.39 is 5.41 Å². The summed E-state index contributed by atoms with van der Waals surface area (Å²) in [5, 5.41) is 10.6. The molecular formula is C25H36O2. The lowest BCUT2D eigenvalue weighted by molar-refractivity contribution is -0.134. The van der Waals surface area contributed by atoms with E-state index in [2.05, 4.69) is 33.1 Å². The van der Waals surface area contributed by atoms with Gasteiger partial charge in [-0.2, -0.15) is 0 Å². The molecule has 0 aromatic rings. The molecule has 0 saturated heterocycles. The third-order valence-electron chi connectivity index (χ3n) is 9.32. The summed E-state index contributed by atoms with van der Waals surface area (Å²) in [6.07, 6.45) is 14.9. The lowest BCUT2D eigenvalue weighted by atomic mass is 9.44. The number of aliphatic hydroxyl groups is 1. The van der Waals surface area contributed by atoms with Crippen molar-refractivity contribution in [1.29, 1.82) is 0 Å². The van der Waals surface area contributed by atoms with Gasteiger partial charge < -0.3 is 5.11 Å². The molecule has 0 unspecified atom stereocenters. The number of hydrogen-bond donors (Lipinski definition) is 1. The van der Waals surface area contributed by atoms with Crippen LogP contribution in [0, 0.1) is 34.0 Å². The molecule has 0 aliphatic heterocycles. The van der Waals surface area contributed by atoms with Gasteiger partial charge in [0.15, 0.2) is 0 Å². The number of allylic oxidation sites excluding steroid dienone is 4. The van der Waals surface area contributed by atoms with Crippen LogP contribution in [0.4, 0.5) is 0 Å². The van der Waals surface area contributed by atoms with Crippen molar-refractivity contribution in [2.24, 2.45) is 34.0 Å². The number of rotatable bonds is 4. The smallest absolute Gasteiger partial charge is 0.143 e. The summed E-state index contributed by atoms with van der Waals surface area (Å²) in [5.74, 6) is 2.32. The van der Waals surface area contributed by atoms with Gasteiger partial charge in [0.25, 0.3) is 0 Å². The lowest BCUT2D eigenvalue weighted by Crippen LogP contribution is -2.55. The van der Waals surface area contributed by atoms with Crippen LogP contribution in [-0.4, -0.2) is 17.0 Å². The maximum Gasteiger partial charge on any atom is 0.143 e. The molecule has 3 fully saturated rings. The molecule has 0 bridgehead atoms. The molecule has 0 heterocycles. The Morgan fingerprint density at radius 1 is 1.11 bits per heavy atom. The van der Waals surface area contributed by atoms with Gasteiger partial charge in [-0.05, 0) is 80.0 Å². The van der Waals surface area contributed by atoms with Gasteiger partial charge in [-0.3, -0.25) is 4.79 Å². The maximum absolute atomic E-state index is 13.2. The third kappa shape index (κ3) is 2.44. The highest BCUT2D eigenvalue weighted by Crippen LogP contribution is 2.67. The van der Waals surface area contributed by atoms with Crippen LogP contribution >= 0.6 is 0 Å². The first-order valence-corrected chi connectivity index (χ1v) is 11.0. The number of fused-ring (bicyclic) bond motifs is 5. The third-order valence-corrected chi connectivity index (χ3v) is 9.32.